The lowest BCUT2D eigenvalue weighted by Crippen LogP contribution is -2.50. The van der Waals surface area contributed by atoms with E-state index in [2.05, 4.69) is 15.3 Å². The van der Waals surface area contributed by atoms with Crippen LogP contribution >= 0.6 is 0 Å². The van der Waals surface area contributed by atoms with Gasteiger partial charge in [0.15, 0.2) is 5.69 Å². The van der Waals surface area contributed by atoms with Crippen LogP contribution in [0.25, 0.3) is 0 Å². The molecule has 1 amide bonds. The molecule has 0 unspecified atom stereocenters. The molecule has 3 heterocycles. The first-order valence-corrected chi connectivity index (χ1v) is 10.7. The number of hydrogen-bond donors (Lipinski definition) is 1. The third kappa shape index (κ3) is 4.02. The zero-order chi connectivity index (χ0) is 18.7. The fraction of sp³-hybridized carbons (Fsp3) is 0.750. The Morgan fingerprint density at radius 1 is 1.23 bits per heavy atom. The molecular weight excluding hydrogens is 358 g/mol. The van der Waals surface area contributed by atoms with Crippen LogP contribution in [0, 0.1) is 6.92 Å². The Bertz CT molecular complexity index is 753. The van der Waals surface area contributed by atoms with Crippen LogP contribution in [0.4, 0.5) is 0 Å². The van der Waals surface area contributed by atoms with Crippen molar-refractivity contribution < 1.29 is 17.9 Å². The maximum atomic E-state index is 12.3. The minimum atomic E-state index is -3.12. The van der Waals surface area contributed by atoms with Crippen LogP contribution < -0.4 is 10.1 Å². The molecule has 26 heavy (non-hydrogen) atoms. The van der Waals surface area contributed by atoms with E-state index in [1.165, 1.54) is 0 Å². The molecule has 0 aromatic carbocycles. The fourth-order valence-corrected chi connectivity index (χ4v) is 4.84. The second-order valence-electron chi connectivity index (χ2n) is 6.66. The van der Waals surface area contributed by atoms with Crippen molar-refractivity contribution >= 4 is 15.9 Å². The van der Waals surface area contributed by atoms with Crippen molar-refractivity contribution in [2.75, 3.05) is 51.6 Å². The number of piperazine rings is 1. The van der Waals surface area contributed by atoms with Gasteiger partial charge in [-0.1, -0.05) is 6.92 Å². The lowest BCUT2D eigenvalue weighted by atomic mass is 10.2. The minimum absolute atomic E-state index is 0.197. The summed E-state index contributed by atoms with van der Waals surface area (Å²) in [5.74, 6) is 0.692. The molecule has 0 aliphatic carbocycles. The summed E-state index contributed by atoms with van der Waals surface area (Å²) in [5.41, 5.74) is 1.19. The molecule has 3 rings (SSSR count). The third-order valence-corrected chi connectivity index (χ3v) is 6.86. The zero-order valence-corrected chi connectivity index (χ0v) is 16.2. The molecule has 2 aliphatic heterocycles. The van der Waals surface area contributed by atoms with E-state index < -0.39 is 10.0 Å². The van der Waals surface area contributed by atoms with Gasteiger partial charge in [-0.15, -0.1) is 0 Å². The van der Waals surface area contributed by atoms with Crippen molar-refractivity contribution in [3.8, 4) is 5.88 Å². The normalized spacial score (nSPS) is 18.5. The lowest BCUT2D eigenvalue weighted by Gasteiger charge is -2.33. The third-order valence-electron chi connectivity index (χ3n) is 4.79. The molecule has 0 spiro atoms. The summed E-state index contributed by atoms with van der Waals surface area (Å²) >= 11 is 0. The van der Waals surface area contributed by atoms with Gasteiger partial charge in [-0.2, -0.15) is 9.40 Å². The number of carbonyl (C=O) groups excluding carboxylic acids is 1. The molecule has 0 bridgehead atoms. The van der Waals surface area contributed by atoms with Crippen LogP contribution in [0.5, 0.6) is 5.88 Å². The summed E-state index contributed by atoms with van der Waals surface area (Å²) in [6, 6.07) is 0. The number of hydrogen-bond acceptors (Lipinski definition) is 6. The number of aromatic nitrogens is 2. The number of fused-ring (bicyclic) bond motifs is 1. The predicted octanol–water partition coefficient (Wildman–Crippen LogP) is -0.329. The van der Waals surface area contributed by atoms with E-state index >= 15 is 0 Å². The predicted molar refractivity (Wildman–Crippen MR) is 96.9 cm³/mol. The maximum absolute atomic E-state index is 12.3. The Labute approximate surface area is 154 Å². The summed E-state index contributed by atoms with van der Waals surface area (Å²) in [4.78, 5) is 14.5. The number of nitrogens with zero attached hydrogens (tertiary/aromatic N) is 4. The number of nitrogens with one attached hydrogen (secondary N) is 1. The average molecular weight is 385 g/mol. The van der Waals surface area contributed by atoms with Crippen molar-refractivity contribution in [1.29, 1.82) is 0 Å². The molecule has 0 saturated carbocycles. The highest BCUT2D eigenvalue weighted by molar-refractivity contribution is 7.89. The summed E-state index contributed by atoms with van der Waals surface area (Å²) < 4.78 is 32.9. The molecule has 1 saturated heterocycles. The van der Waals surface area contributed by atoms with E-state index in [1.807, 2.05) is 13.8 Å². The minimum Gasteiger partial charge on any atom is -0.476 e. The number of carbonyl (C=O) groups is 1. The van der Waals surface area contributed by atoms with Gasteiger partial charge in [-0.3, -0.25) is 9.69 Å². The second-order valence-corrected chi connectivity index (χ2v) is 8.75. The summed E-state index contributed by atoms with van der Waals surface area (Å²) in [6.45, 7) is 8.59. The molecule has 10 heteroatoms. The van der Waals surface area contributed by atoms with E-state index in [1.54, 1.807) is 8.99 Å². The van der Waals surface area contributed by atoms with E-state index in [0.717, 1.165) is 5.56 Å². The first-order chi connectivity index (χ1) is 12.4. The van der Waals surface area contributed by atoms with E-state index in [4.69, 9.17) is 4.74 Å². The van der Waals surface area contributed by atoms with Gasteiger partial charge in [0.2, 0.25) is 15.9 Å². The van der Waals surface area contributed by atoms with E-state index in [0.29, 0.717) is 70.4 Å². The molecule has 1 N–H and O–H groups in total. The monoisotopic (exact) mass is 385 g/mol. The van der Waals surface area contributed by atoms with E-state index in [9.17, 15) is 13.2 Å². The zero-order valence-electron chi connectivity index (χ0n) is 15.4. The van der Waals surface area contributed by atoms with Gasteiger partial charge in [0.25, 0.3) is 5.91 Å². The Morgan fingerprint density at radius 2 is 1.96 bits per heavy atom. The first-order valence-electron chi connectivity index (χ1n) is 9.11. The number of rotatable bonds is 7. The van der Waals surface area contributed by atoms with Gasteiger partial charge in [0.1, 0.15) is 6.61 Å². The van der Waals surface area contributed by atoms with Crippen molar-refractivity contribution in [3.05, 3.63) is 11.3 Å². The van der Waals surface area contributed by atoms with Crippen molar-refractivity contribution in [1.82, 2.24) is 24.3 Å². The molecule has 1 fully saturated rings. The van der Waals surface area contributed by atoms with Crippen molar-refractivity contribution in [3.63, 3.8) is 0 Å². The highest BCUT2D eigenvalue weighted by Gasteiger charge is 2.27. The van der Waals surface area contributed by atoms with Crippen molar-refractivity contribution in [2.24, 2.45) is 0 Å². The number of sulfonamides is 1. The first kappa shape index (κ1) is 19.1. The van der Waals surface area contributed by atoms with E-state index in [-0.39, 0.29) is 11.7 Å². The smallest absolute Gasteiger partial charge is 0.272 e. The molecule has 1 aromatic rings. The van der Waals surface area contributed by atoms with Gasteiger partial charge in [-0.25, -0.2) is 13.1 Å². The topological polar surface area (TPSA) is 96.8 Å². The lowest BCUT2D eigenvalue weighted by molar-refractivity contribution is 0.0938. The Morgan fingerprint density at radius 3 is 2.62 bits per heavy atom. The summed E-state index contributed by atoms with van der Waals surface area (Å²) in [6.07, 6.45) is 0.635. The molecular formula is C16H27N5O4S. The SMILES string of the molecule is CCCS(=O)(=O)N1CCN(CCNC(=O)c2nn3c(c2C)OCC3)CC1. The van der Waals surface area contributed by atoms with Gasteiger partial charge < -0.3 is 10.1 Å². The molecule has 2 aliphatic rings. The standard InChI is InChI=1S/C16H27N5O4S/c1-3-12-26(23,24)20-8-6-19(7-9-20)5-4-17-15(22)14-13(2)16-21(18-14)10-11-25-16/h3-12H2,1-2H3,(H,17,22). The molecule has 0 atom stereocenters. The van der Waals surface area contributed by atoms with Crippen LogP contribution in [-0.4, -0.2) is 84.9 Å². The average Bonchev–Trinajstić information content (AvgIpc) is 3.18. The number of ether oxygens (including phenoxy) is 1. The van der Waals surface area contributed by atoms with Crippen LogP contribution in [0.3, 0.4) is 0 Å². The summed E-state index contributed by atoms with van der Waals surface area (Å²) in [7, 11) is -3.12. The molecule has 0 radical (unpaired) electrons. The van der Waals surface area contributed by atoms with Crippen LogP contribution in [-0.2, 0) is 16.6 Å². The van der Waals surface area contributed by atoms with Crippen molar-refractivity contribution in [2.45, 2.75) is 26.8 Å². The maximum Gasteiger partial charge on any atom is 0.272 e. The van der Waals surface area contributed by atoms with Gasteiger partial charge in [0.05, 0.1) is 12.3 Å². The number of amides is 1. The largest absolute Gasteiger partial charge is 0.476 e. The Balaban J connectivity index is 1.43. The molecule has 9 nitrogen and oxygen atoms in total. The van der Waals surface area contributed by atoms with Gasteiger partial charge >= 0.3 is 0 Å². The van der Waals surface area contributed by atoms with Gasteiger partial charge in [0, 0.05) is 44.8 Å². The highest BCUT2D eigenvalue weighted by Crippen LogP contribution is 2.25. The van der Waals surface area contributed by atoms with Gasteiger partial charge in [-0.05, 0) is 13.3 Å². The Hall–Kier alpha value is -1.65. The fourth-order valence-electron chi connectivity index (χ4n) is 3.34. The van der Waals surface area contributed by atoms with Crippen LogP contribution in [0.2, 0.25) is 0 Å². The quantitative estimate of drug-likeness (QED) is 0.690. The Kier molecular flexibility index (Phi) is 5.83. The second kappa shape index (κ2) is 7.93. The highest BCUT2D eigenvalue weighted by atomic mass is 32.2. The molecule has 1 aromatic heterocycles. The summed E-state index contributed by atoms with van der Waals surface area (Å²) in [5, 5.41) is 7.20. The molecule has 146 valence electrons. The van der Waals surface area contributed by atoms with Crippen LogP contribution in [0.15, 0.2) is 0 Å². The van der Waals surface area contributed by atoms with Crippen LogP contribution in [0.1, 0.15) is 29.4 Å².